The van der Waals surface area contributed by atoms with Gasteiger partial charge in [-0.2, -0.15) is 4.72 Å². The first-order valence-electron chi connectivity index (χ1n) is 7.73. The minimum absolute atomic E-state index is 0.0584. The van der Waals surface area contributed by atoms with E-state index in [0.717, 1.165) is 19.6 Å². The molecule has 1 atom stereocenters. The van der Waals surface area contributed by atoms with Gasteiger partial charge in [-0.15, -0.1) is 0 Å². The standard InChI is InChI=1S/C15H21Cl2N3O3S/c1-3-19-6-8-20(9-7-19)15(21)11(2)18-24(22,23)14-10-12(16)4-5-13(14)17/h4-5,10-11,18H,3,6-9H2,1-2H3/t11-/m1/s1. The van der Waals surface area contributed by atoms with Gasteiger partial charge in [0.25, 0.3) is 0 Å². The number of nitrogens with one attached hydrogen (secondary N) is 1. The van der Waals surface area contributed by atoms with Gasteiger partial charge in [-0.05, 0) is 31.7 Å². The van der Waals surface area contributed by atoms with Crippen LogP contribution in [0.25, 0.3) is 0 Å². The van der Waals surface area contributed by atoms with E-state index in [2.05, 4.69) is 16.5 Å². The van der Waals surface area contributed by atoms with Crippen molar-refractivity contribution >= 4 is 39.1 Å². The molecule has 0 radical (unpaired) electrons. The van der Waals surface area contributed by atoms with Gasteiger partial charge < -0.3 is 9.80 Å². The Balaban J connectivity index is 2.06. The van der Waals surface area contributed by atoms with Crippen molar-refractivity contribution in [3.05, 3.63) is 28.2 Å². The van der Waals surface area contributed by atoms with Gasteiger partial charge in [-0.25, -0.2) is 8.42 Å². The molecule has 0 aliphatic carbocycles. The molecule has 0 spiro atoms. The molecule has 1 saturated heterocycles. The van der Waals surface area contributed by atoms with Crippen molar-refractivity contribution in [2.75, 3.05) is 32.7 Å². The highest BCUT2D eigenvalue weighted by Crippen LogP contribution is 2.25. The van der Waals surface area contributed by atoms with Crippen molar-refractivity contribution in [1.82, 2.24) is 14.5 Å². The quantitative estimate of drug-likeness (QED) is 0.827. The summed E-state index contributed by atoms with van der Waals surface area (Å²) in [5, 5.41) is 0.317. The van der Waals surface area contributed by atoms with Crippen LogP contribution in [0.5, 0.6) is 0 Å². The summed E-state index contributed by atoms with van der Waals surface area (Å²) >= 11 is 11.8. The minimum atomic E-state index is -3.94. The largest absolute Gasteiger partial charge is 0.339 e. The molecule has 1 fully saturated rings. The highest BCUT2D eigenvalue weighted by Gasteiger charge is 2.29. The van der Waals surface area contributed by atoms with Crippen LogP contribution in [0.2, 0.25) is 10.0 Å². The Bertz CT molecular complexity index is 704. The zero-order chi connectivity index (χ0) is 17.9. The first-order valence-corrected chi connectivity index (χ1v) is 9.97. The maximum Gasteiger partial charge on any atom is 0.242 e. The molecule has 2 rings (SSSR count). The molecule has 0 bridgehead atoms. The van der Waals surface area contributed by atoms with Gasteiger partial charge in [-0.1, -0.05) is 30.1 Å². The molecule has 1 amide bonds. The topological polar surface area (TPSA) is 69.7 Å². The molecular weight excluding hydrogens is 373 g/mol. The first kappa shape index (κ1) is 19.5. The van der Waals surface area contributed by atoms with E-state index in [1.54, 1.807) is 4.90 Å². The van der Waals surface area contributed by atoms with E-state index in [-0.39, 0.29) is 20.8 Å². The molecule has 1 aromatic carbocycles. The lowest BCUT2D eigenvalue weighted by molar-refractivity contribution is -0.134. The van der Waals surface area contributed by atoms with Crippen molar-refractivity contribution in [3.63, 3.8) is 0 Å². The Hall–Kier alpha value is -0.860. The average Bonchev–Trinajstić information content (AvgIpc) is 2.56. The Kier molecular flexibility index (Phi) is 6.50. The fourth-order valence-corrected chi connectivity index (χ4v) is 4.55. The lowest BCUT2D eigenvalue weighted by Gasteiger charge is -2.35. The third kappa shape index (κ3) is 4.61. The molecule has 1 N–H and O–H groups in total. The van der Waals surface area contributed by atoms with Crippen LogP contribution >= 0.6 is 23.2 Å². The van der Waals surface area contributed by atoms with Gasteiger partial charge in [-0.3, -0.25) is 4.79 Å². The summed E-state index contributed by atoms with van der Waals surface area (Å²) < 4.78 is 27.3. The maximum atomic E-state index is 12.5. The van der Waals surface area contributed by atoms with E-state index in [4.69, 9.17) is 23.2 Å². The number of piperazine rings is 1. The van der Waals surface area contributed by atoms with Gasteiger partial charge in [0, 0.05) is 31.2 Å². The zero-order valence-electron chi connectivity index (χ0n) is 13.6. The second kappa shape index (κ2) is 8.01. The number of carbonyl (C=O) groups is 1. The molecule has 1 heterocycles. The Labute approximate surface area is 152 Å². The second-order valence-corrected chi connectivity index (χ2v) is 8.20. The summed E-state index contributed by atoms with van der Waals surface area (Å²) in [6.07, 6.45) is 0. The molecule has 0 saturated carbocycles. The van der Waals surface area contributed by atoms with Crippen molar-refractivity contribution in [2.24, 2.45) is 0 Å². The molecule has 0 unspecified atom stereocenters. The third-order valence-corrected chi connectivity index (χ3v) is 6.27. The third-order valence-electron chi connectivity index (χ3n) is 4.02. The number of carbonyl (C=O) groups excluding carboxylic acids is 1. The fraction of sp³-hybridized carbons (Fsp3) is 0.533. The highest BCUT2D eigenvalue weighted by molar-refractivity contribution is 7.89. The summed E-state index contributed by atoms with van der Waals surface area (Å²) in [7, 11) is -3.94. The van der Waals surface area contributed by atoms with E-state index in [0.29, 0.717) is 13.1 Å². The van der Waals surface area contributed by atoms with Crippen LogP contribution in [0.1, 0.15) is 13.8 Å². The van der Waals surface area contributed by atoms with Gasteiger partial charge >= 0.3 is 0 Å². The normalized spacial score (nSPS) is 17.8. The summed E-state index contributed by atoms with van der Waals surface area (Å²) in [6, 6.07) is 3.31. The number of halogens is 2. The van der Waals surface area contributed by atoms with Crippen molar-refractivity contribution in [2.45, 2.75) is 24.8 Å². The summed E-state index contributed by atoms with van der Waals surface area (Å²) in [5.41, 5.74) is 0. The lowest BCUT2D eigenvalue weighted by atomic mass is 10.2. The summed E-state index contributed by atoms with van der Waals surface area (Å²) in [4.78, 5) is 16.3. The van der Waals surface area contributed by atoms with Crippen LogP contribution in [0.3, 0.4) is 0 Å². The number of amides is 1. The van der Waals surface area contributed by atoms with Crippen molar-refractivity contribution < 1.29 is 13.2 Å². The first-order chi connectivity index (χ1) is 11.2. The molecule has 24 heavy (non-hydrogen) atoms. The maximum absolute atomic E-state index is 12.5. The van der Waals surface area contributed by atoms with Crippen molar-refractivity contribution in [1.29, 1.82) is 0 Å². The van der Waals surface area contributed by atoms with Crippen molar-refractivity contribution in [3.8, 4) is 0 Å². The fourth-order valence-electron chi connectivity index (χ4n) is 2.59. The van der Waals surface area contributed by atoms with E-state index < -0.39 is 16.1 Å². The SMILES string of the molecule is CCN1CCN(C(=O)[C@@H](C)NS(=O)(=O)c2cc(Cl)ccc2Cl)CC1. The number of hydrogen-bond donors (Lipinski definition) is 1. The van der Waals surface area contributed by atoms with Crippen LogP contribution in [-0.2, 0) is 14.8 Å². The van der Waals surface area contributed by atoms with Crippen LogP contribution in [-0.4, -0.2) is 62.9 Å². The number of nitrogens with zero attached hydrogens (tertiary/aromatic N) is 2. The number of rotatable bonds is 5. The Morgan fingerprint density at radius 2 is 1.88 bits per heavy atom. The van der Waals surface area contributed by atoms with Gasteiger partial charge in [0.05, 0.1) is 11.1 Å². The molecule has 134 valence electrons. The zero-order valence-corrected chi connectivity index (χ0v) is 16.0. The Morgan fingerprint density at radius 3 is 2.46 bits per heavy atom. The smallest absolute Gasteiger partial charge is 0.242 e. The molecular formula is C15H21Cl2N3O3S. The molecule has 1 aliphatic heterocycles. The van der Waals surface area contributed by atoms with Gasteiger partial charge in [0.1, 0.15) is 4.90 Å². The van der Waals surface area contributed by atoms with Crippen LogP contribution < -0.4 is 4.72 Å². The molecule has 9 heteroatoms. The summed E-state index contributed by atoms with van der Waals surface area (Å²) in [5.74, 6) is -0.243. The van der Waals surface area contributed by atoms with Crippen LogP contribution in [0.15, 0.2) is 23.1 Å². The van der Waals surface area contributed by atoms with E-state index >= 15 is 0 Å². The number of likely N-dealkylation sites (N-methyl/N-ethyl adjacent to an activating group) is 1. The molecule has 6 nitrogen and oxygen atoms in total. The number of benzene rings is 1. The monoisotopic (exact) mass is 393 g/mol. The minimum Gasteiger partial charge on any atom is -0.339 e. The lowest BCUT2D eigenvalue weighted by Crippen LogP contribution is -2.54. The van der Waals surface area contributed by atoms with Crippen LogP contribution in [0, 0.1) is 0 Å². The number of sulfonamides is 1. The summed E-state index contributed by atoms with van der Waals surface area (Å²) in [6.45, 7) is 7.32. The van der Waals surface area contributed by atoms with Crippen LogP contribution in [0.4, 0.5) is 0 Å². The van der Waals surface area contributed by atoms with Gasteiger partial charge in [0.15, 0.2) is 0 Å². The van der Waals surface area contributed by atoms with E-state index in [1.807, 2.05) is 0 Å². The molecule has 1 aliphatic rings. The highest BCUT2D eigenvalue weighted by atomic mass is 35.5. The molecule has 1 aromatic rings. The molecule has 0 aromatic heterocycles. The Morgan fingerprint density at radius 1 is 1.25 bits per heavy atom. The predicted octanol–water partition coefficient (Wildman–Crippen LogP) is 1.82. The van der Waals surface area contributed by atoms with Gasteiger partial charge in [0.2, 0.25) is 15.9 Å². The average molecular weight is 394 g/mol. The van der Waals surface area contributed by atoms with E-state index in [1.165, 1.54) is 25.1 Å². The predicted molar refractivity (Wildman–Crippen MR) is 94.9 cm³/mol. The second-order valence-electron chi connectivity index (χ2n) is 5.68. The van der Waals surface area contributed by atoms with E-state index in [9.17, 15) is 13.2 Å². The number of hydrogen-bond acceptors (Lipinski definition) is 4.